The van der Waals surface area contributed by atoms with Gasteiger partial charge in [-0.1, -0.05) is 19.9 Å². The first-order valence-corrected chi connectivity index (χ1v) is 10.4. The van der Waals surface area contributed by atoms with Crippen LogP contribution in [-0.4, -0.2) is 65.2 Å². The zero-order chi connectivity index (χ0) is 21.3. The van der Waals surface area contributed by atoms with Gasteiger partial charge in [0.15, 0.2) is 17.5 Å². The van der Waals surface area contributed by atoms with E-state index in [4.69, 9.17) is 23.9 Å². The largest absolute Gasteiger partial charge is 0.493 e. The van der Waals surface area contributed by atoms with Crippen molar-refractivity contribution in [2.24, 2.45) is 4.99 Å². The van der Waals surface area contributed by atoms with Gasteiger partial charge < -0.3 is 29.6 Å². The molecule has 1 aliphatic rings. The normalized spacial score (nSPS) is 17.8. The number of ether oxygens (including phenoxy) is 4. The number of rotatable bonds is 10. The molecule has 8 heteroatoms. The van der Waals surface area contributed by atoms with Crippen LogP contribution >= 0.6 is 24.0 Å². The van der Waals surface area contributed by atoms with Crippen LogP contribution in [0.2, 0.25) is 0 Å². The van der Waals surface area contributed by atoms with Gasteiger partial charge in [-0.25, -0.2) is 0 Å². The van der Waals surface area contributed by atoms with E-state index in [9.17, 15) is 0 Å². The van der Waals surface area contributed by atoms with E-state index in [1.807, 2.05) is 12.1 Å². The average Bonchev–Trinajstić information content (AvgIpc) is 3.24. The molecule has 0 spiro atoms. The molecule has 0 saturated carbocycles. The van der Waals surface area contributed by atoms with Crippen molar-refractivity contribution in [1.82, 2.24) is 10.6 Å². The summed E-state index contributed by atoms with van der Waals surface area (Å²) in [5, 5.41) is 6.76. The zero-order valence-corrected chi connectivity index (χ0v) is 21.4. The molecule has 0 amide bonds. The number of nitrogens with zero attached hydrogens (tertiary/aromatic N) is 1. The highest BCUT2D eigenvalue weighted by Gasteiger charge is 2.23. The molecule has 1 heterocycles. The van der Waals surface area contributed by atoms with Crippen LogP contribution in [0.15, 0.2) is 23.2 Å². The first kappa shape index (κ1) is 26.8. The molecule has 2 unspecified atom stereocenters. The number of nitrogens with one attached hydrogen (secondary N) is 2. The predicted octanol–water partition coefficient (Wildman–Crippen LogP) is 3.35. The first-order valence-electron chi connectivity index (χ1n) is 10.4. The number of guanidine groups is 1. The third kappa shape index (κ3) is 8.11. The molecule has 2 atom stereocenters. The quantitative estimate of drug-likeness (QED) is 0.272. The lowest BCUT2D eigenvalue weighted by Crippen LogP contribution is -2.45. The van der Waals surface area contributed by atoms with Gasteiger partial charge in [-0.15, -0.1) is 24.0 Å². The number of halogens is 1. The van der Waals surface area contributed by atoms with E-state index >= 15 is 0 Å². The molecule has 0 radical (unpaired) electrons. The molecule has 7 nitrogen and oxygen atoms in total. The Hall–Kier alpha value is -1.26. The minimum atomic E-state index is -0.164. The Bertz CT molecular complexity index is 664. The fourth-order valence-corrected chi connectivity index (χ4v) is 3.15. The smallest absolute Gasteiger partial charge is 0.191 e. The number of hydrogen-bond acceptors (Lipinski definition) is 5. The van der Waals surface area contributed by atoms with E-state index in [1.165, 1.54) is 0 Å². The first-order chi connectivity index (χ1) is 13.9. The monoisotopic (exact) mass is 535 g/mol. The third-order valence-electron chi connectivity index (χ3n) is 4.99. The van der Waals surface area contributed by atoms with Crippen molar-refractivity contribution in [3.05, 3.63) is 23.8 Å². The minimum absolute atomic E-state index is 0. The molecule has 0 aliphatic carbocycles. The van der Waals surface area contributed by atoms with Crippen LogP contribution in [0.25, 0.3) is 0 Å². The van der Waals surface area contributed by atoms with Crippen molar-refractivity contribution in [1.29, 1.82) is 0 Å². The molecule has 172 valence electrons. The summed E-state index contributed by atoms with van der Waals surface area (Å²) in [6.45, 7) is 12.0. The lowest BCUT2D eigenvalue weighted by Gasteiger charge is -2.25. The van der Waals surface area contributed by atoms with E-state index in [0.717, 1.165) is 42.6 Å². The summed E-state index contributed by atoms with van der Waals surface area (Å²) in [6.07, 6.45) is 1.18. The molecule has 1 aromatic rings. The highest BCUT2D eigenvalue weighted by Crippen LogP contribution is 2.33. The van der Waals surface area contributed by atoms with Crippen molar-refractivity contribution in [3.63, 3.8) is 0 Å². The van der Waals surface area contributed by atoms with E-state index in [-0.39, 0.29) is 41.5 Å². The van der Waals surface area contributed by atoms with Crippen molar-refractivity contribution < 1.29 is 18.9 Å². The molecule has 1 aromatic carbocycles. The van der Waals surface area contributed by atoms with Crippen LogP contribution in [-0.2, 0) is 14.9 Å². The Morgan fingerprint density at radius 2 is 2.00 bits per heavy atom. The number of hydrogen-bond donors (Lipinski definition) is 2. The fraction of sp³-hybridized carbons (Fsp3) is 0.682. The molecule has 2 rings (SSSR count). The van der Waals surface area contributed by atoms with E-state index in [1.54, 1.807) is 14.2 Å². The molecule has 30 heavy (non-hydrogen) atoms. The van der Waals surface area contributed by atoms with Gasteiger partial charge in [0.1, 0.15) is 0 Å². The molecular weight excluding hydrogens is 497 g/mol. The van der Waals surface area contributed by atoms with Crippen molar-refractivity contribution in [2.75, 3.05) is 47.1 Å². The standard InChI is InChI=1S/C22H37N3O4.HI/c1-7-23-21(25-16(2)13-29-18-10-11-28-14-18)24-15-22(3,4)17-8-9-19(26-5)20(12-17)27-6;/h8-9,12,16,18H,7,10-11,13-15H2,1-6H3,(H2,23,24,25);1H. The van der Waals surface area contributed by atoms with Gasteiger partial charge in [0.05, 0.1) is 40.1 Å². The number of aliphatic imine (C=N–C) groups is 1. The van der Waals surface area contributed by atoms with Crippen molar-refractivity contribution >= 4 is 29.9 Å². The van der Waals surface area contributed by atoms with Gasteiger partial charge in [-0.2, -0.15) is 0 Å². The summed E-state index contributed by atoms with van der Waals surface area (Å²) < 4.78 is 22.1. The van der Waals surface area contributed by atoms with E-state index in [0.29, 0.717) is 19.8 Å². The van der Waals surface area contributed by atoms with Crippen molar-refractivity contribution in [3.8, 4) is 11.5 Å². The van der Waals surface area contributed by atoms with Gasteiger partial charge >= 0.3 is 0 Å². The van der Waals surface area contributed by atoms with Gasteiger partial charge in [0, 0.05) is 24.6 Å². The summed E-state index contributed by atoms with van der Waals surface area (Å²) in [5.41, 5.74) is 0.982. The predicted molar refractivity (Wildman–Crippen MR) is 132 cm³/mol. The van der Waals surface area contributed by atoms with Gasteiger partial charge in [-0.3, -0.25) is 4.99 Å². The van der Waals surface area contributed by atoms with Crippen LogP contribution < -0.4 is 20.1 Å². The number of methoxy groups -OCH3 is 2. The molecule has 1 fully saturated rings. The molecular formula is C22H38IN3O4. The molecule has 1 saturated heterocycles. The lowest BCUT2D eigenvalue weighted by atomic mass is 9.84. The summed E-state index contributed by atoms with van der Waals surface area (Å²) in [7, 11) is 3.30. The SMILES string of the molecule is CCNC(=NCC(C)(C)c1ccc(OC)c(OC)c1)NC(C)COC1CCOC1.I. The maximum atomic E-state index is 5.91. The Labute approximate surface area is 198 Å². The van der Waals surface area contributed by atoms with Crippen LogP contribution in [0.3, 0.4) is 0 Å². The summed E-state index contributed by atoms with van der Waals surface area (Å²) >= 11 is 0. The van der Waals surface area contributed by atoms with Crippen LogP contribution in [0, 0.1) is 0 Å². The lowest BCUT2D eigenvalue weighted by molar-refractivity contribution is 0.0347. The van der Waals surface area contributed by atoms with Crippen LogP contribution in [0.1, 0.15) is 39.7 Å². The fourth-order valence-electron chi connectivity index (χ4n) is 3.15. The summed E-state index contributed by atoms with van der Waals surface area (Å²) in [5.74, 6) is 2.25. The Morgan fingerprint density at radius 1 is 1.27 bits per heavy atom. The maximum absolute atomic E-state index is 5.91. The third-order valence-corrected chi connectivity index (χ3v) is 4.99. The van der Waals surface area contributed by atoms with Gasteiger partial charge in [0.2, 0.25) is 0 Å². The zero-order valence-electron chi connectivity index (χ0n) is 19.1. The second-order valence-corrected chi connectivity index (χ2v) is 8.01. The molecule has 1 aliphatic heterocycles. The van der Waals surface area contributed by atoms with Gasteiger partial charge in [-0.05, 0) is 38.0 Å². The maximum Gasteiger partial charge on any atom is 0.191 e. The Balaban J connectivity index is 0.00000450. The second kappa shape index (κ2) is 13.2. The average molecular weight is 535 g/mol. The van der Waals surface area contributed by atoms with E-state index in [2.05, 4.69) is 44.4 Å². The highest BCUT2D eigenvalue weighted by atomic mass is 127. The van der Waals surface area contributed by atoms with Crippen LogP contribution in [0.4, 0.5) is 0 Å². The molecule has 0 bridgehead atoms. The summed E-state index contributed by atoms with van der Waals surface area (Å²) in [6, 6.07) is 6.18. The second-order valence-electron chi connectivity index (χ2n) is 8.01. The summed E-state index contributed by atoms with van der Waals surface area (Å²) in [4.78, 5) is 4.82. The number of benzene rings is 1. The molecule has 2 N–H and O–H groups in total. The molecule has 0 aromatic heterocycles. The Kier molecular flexibility index (Phi) is 11.8. The minimum Gasteiger partial charge on any atom is -0.493 e. The highest BCUT2D eigenvalue weighted by molar-refractivity contribution is 14.0. The topological polar surface area (TPSA) is 73.3 Å². The van der Waals surface area contributed by atoms with Gasteiger partial charge in [0.25, 0.3) is 0 Å². The van der Waals surface area contributed by atoms with E-state index < -0.39 is 0 Å². The van der Waals surface area contributed by atoms with Crippen LogP contribution in [0.5, 0.6) is 11.5 Å². The Morgan fingerprint density at radius 3 is 2.60 bits per heavy atom. The van der Waals surface area contributed by atoms with Crippen molar-refractivity contribution in [2.45, 2.75) is 51.7 Å².